The van der Waals surface area contributed by atoms with Crippen LogP contribution in [0.3, 0.4) is 0 Å². The minimum Gasteiger partial charge on any atom is -0.339 e. The van der Waals surface area contributed by atoms with E-state index in [1.165, 1.54) is 11.3 Å². The molecule has 1 saturated heterocycles. The molecule has 0 aromatic carbocycles. The van der Waals surface area contributed by atoms with Gasteiger partial charge in [-0.2, -0.15) is 4.98 Å². The van der Waals surface area contributed by atoms with E-state index in [0.29, 0.717) is 29.1 Å². The van der Waals surface area contributed by atoms with E-state index in [4.69, 9.17) is 16.1 Å². The molecule has 3 rings (SSSR count). The van der Waals surface area contributed by atoms with Crippen molar-refractivity contribution >= 4 is 28.8 Å². The van der Waals surface area contributed by atoms with E-state index in [1.54, 1.807) is 6.92 Å². The van der Waals surface area contributed by atoms with Gasteiger partial charge in [-0.25, -0.2) is 0 Å². The van der Waals surface area contributed by atoms with E-state index in [1.807, 2.05) is 31.0 Å². The fourth-order valence-corrected chi connectivity index (χ4v) is 3.85. The zero-order valence-electron chi connectivity index (χ0n) is 13.3. The number of piperazine rings is 1. The first kappa shape index (κ1) is 16.4. The van der Waals surface area contributed by atoms with Gasteiger partial charge in [0, 0.05) is 24.5 Å². The number of thiophene rings is 1. The van der Waals surface area contributed by atoms with Crippen molar-refractivity contribution in [2.45, 2.75) is 25.8 Å². The summed E-state index contributed by atoms with van der Waals surface area (Å²) in [4.78, 5) is 22.1. The van der Waals surface area contributed by atoms with E-state index in [0.717, 1.165) is 11.4 Å². The summed E-state index contributed by atoms with van der Waals surface area (Å²) in [7, 11) is 2.01. The molecule has 0 spiro atoms. The summed E-state index contributed by atoms with van der Waals surface area (Å²) in [5.74, 6) is 1.09. The molecule has 2 unspecified atom stereocenters. The summed E-state index contributed by atoms with van der Waals surface area (Å²) in [6.07, 6.45) is 0. The molecule has 0 radical (unpaired) electrons. The number of aryl methyl sites for hydroxylation is 1. The molecular formula is C15H19ClN4O2S. The molecule has 124 valence electrons. The van der Waals surface area contributed by atoms with Crippen LogP contribution in [-0.2, 0) is 4.79 Å². The lowest BCUT2D eigenvalue weighted by Gasteiger charge is -2.38. The van der Waals surface area contributed by atoms with E-state index in [2.05, 4.69) is 15.0 Å². The van der Waals surface area contributed by atoms with E-state index in [-0.39, 0.29) is 17.9 Å². The largest absolute Gasteiger partial charge is 0.339 e. The highest BCUT2D eigenvalue weighted by Crippen LogP contribution is 2.31. The van der Waals surface area contributed by atoms with Crippen LogP contribution in [0.2, 0.25) is 4.34 Å². The molecular weight excluding hydrogens is 336 g/mol. The Balaban J connectivity index is 1.74. The molecule has 2 aromatic heterocycles. The molecule has 1 aliphatic heterocycles. The van der Waals surface area contributed by atoms with Crippen molar-refractivity contribution < 1.29 is 9.32 Å². The second-order valence-electron chi connectivity index (χ2n) is 5.82. The minimum absolute atomic E-state index is 0.0620. The molecule has 3 heterocycles. The van der Waals surface area contributed by atoms with Crippen LogP contribution in [0.1, 0.15) is 35.5 Å². The maximum atomic E-state index is 12.8. The van der Waals surface area contributed by atoms with Crippen LogP contribution < -0.4 is 0 Å². The first-order valence-electron chi connectivity index (χ1n) is 7.50. The summed E-state index contributed by atoms with van der Waals surface area (Å²) in [5.41, 5.74) is 0. The summed E-state index contributed by atoms with van der Waals surface area (Å²) < 4.78 is 6.00. The number of halogens is 1. The molecule has 23 heavy (non-hydrogen) atoms. The SMILES string of the molecule is Cc1noc(C2CN(C(=O)C(C)c3ccc(Cl)s3)CCN2C)n1. The number of hydrogen-bond donors (Lipinski definition) is 0. The Kier molecular flexibility index (Phi) is 4.70. The topological polar surface area (TPSA) is 62.5 Å². The number of hydrogen-bond acceptors (Lipinski definition) is 6. The molecule has 0 aliphatic carbocycles. The van der Waals surface area contributed by atoms with Gasteiger partial charge in [-0.1, -0.05) is 16.8 Å². The number of aromatic nitrogens is 2. The smallest absolute Gasteiger partial charge is 0.245 e. The lowest BCUT2D eigenvalue weighted by Crippen LogP contribution is -2.50. The van der Waals surface area contributed by atoms with Crippen LogP contribution in [0.15, 0.2) is 16.7 Å². The molecule has 0 bridgehead atoms. The van der Waals surface area contributed by atoms with Gasteiger partial charge in [-0.3, -0.25) is 9.69 Å². The first-order valence-corrected chi connectivity index (χ1v) is 8.69. The second-order valence-corrected chi connectivity index (χ2v) is 7.57. The van der Waals surface area contributed by atoms with Crippen molar-refractivity contribution in [3.05, 3.63) is 33.1 Å². The Morgan fingerprint density at radius 1 is 1.48 bits per heavy atom. The van der Waals surface area contributed by atoms with E-state index in [9.17, 15) is 4.79 Å². The van der Waals surface area contributed by atoms with Gasteiger partial charge < -0.3 is 9.42 Å². The third kappa shape index (κ3) is 3.41. The summed E-state index contributed by atoms with van der Waals surface area (Å²) in [5, 5.41) is 3.85. The third-order valence-electron chi connectivity index (χ3n) is 4.18. The molecule has 2 aromatic rings. The zero-order chi connectivity index (χ0) is 16.6. The molecule has 6 nitrogen and oxygen atoms in total. The summed E-state index contributed by atoms with van der Waals surface area (Å²) in [6.45, 7) is 5.74. The Morgan fingerprint density at radius 3 is 2.87 bits per heavy atom. The Morgan fingerprint density at radius 2 is 2.26 bits per heavy atom. The molecule has 2 atom stereocenters. The molecule has 8 heteroatoms. The van der Waals surface area contributed by atoms with Crippen LogP contribution in [-0.4, -0.2) is 52.5 Å². The van der Waals surface area contributed by atoms with Crippen LogP contribution in [0.4, 0.5) is 0 Å². The number of likely N-dealkylation sites (N-methyl/N-ethyl adjacent to an activating group) is 1. The Bertz CT molecular complexity index is 701. The average molecular weight is 355 g/mol. The van der Waals surface area contributed by atoms with Gasteiger partial charge in [0.05, 0.1) is 10.3 Å². The van der Waals surface area contributed by atoms with Crippen molar-refractivity contribution in [3.8, 4) is 0 Å². The maximum Gasteiger partial charge on any atom is 0.245 e. The van der Waals surface area contributed by atoms with Gasteiger partial charge in [0.15, 0.2) is 5.82 Å². The second kappa shape index (κ2) is 6.59. The van der Waals surface area contributed by atoms with E-state index >= 15 is 0 Å². The van der Waals surface area contributed by atoms with Crippen LogP contribution in [0, 0.1) is 6.92 Å². The monoisotopic (exact) mass is 354 g/mol. The highest BCUT2D eigenvalue weighted by molar-refractivity contribution is 7.16. The highest BCUT2D eigenvalue weighted by atomic mass is 35.5. The predicted octanol–water partition coefficient (Wildman–Crippen LogP) is 2.71. The zero-order valence-corrected chi connectivity index (χ0v) is 14.9. The van der Waals surface area contributed by atoms with Crippen LogP contribution in [0.5, 0.6) is 0 Å². The van der Waals surface area contributed by atoms with Crippen molar-refractivity contribution in [3.63, 3.8) is 0 Å². The number of carbonyl (C=O) groups is 1. The number of nitrogens with zero attached hydrogens (tertiary/aromatic N) is 4. The van der Waals surface area contributed by atoms with Crippen molar-refractivity contribution in [2.75, 3.05) is 26.7 Å². The molecule has 1 amide bonds. The lowest BCUT2D eigenvalue weighted by molar-refractivity contribution is -0.135. The minimum atomic E-state index is -0.194. The van der Waals surface area contributed by atoms with E-state index < -0.39 is 0 Å². The summed E-state index contributed by atoms with van der Waals surface area (Å²) >= 11 is 7.43. The number of amides is 1. The Labute approximate surface area is 144 Å². The van der Waals surface area contributed by atoms with Crippen LogP contribution >= 0.6 is 22.9 Å². The molecule has 1 fully saturated rings. The van der Waals surface area contributed by atoms with Crippen molar-refractivity contribution in [2.24, 2.45) is 0 Å². The first-order chi connectivity index (χ1) is 11.0. The normalized spacial score (nSPS) is 20.7. The third-order valence-corrected chi connectivity index (χ3v) is 5.59. The predicted molar refractivity (Wildman–Crippen MR) is 88.7 cm³/mol. The van der Waals surface area contributed by atoms with Crippen LogP contribution in [0.25, 0.3) is 0 Å². The molecule has 0 N–H and O–H groups in total. The van der Waals surface area contributed by atoms with Gasteiger partial charge in [0.1, 0.15) is 6.04 Å². The average Bonchev–Trinajstić information content (AvgIpc) is 3.15. The Hall–Kier alpha value is -1.44. The number of carbonyl (C=O) groups excluding carboxylic acids is 1. The van der Waals surface area contributed by atoms with Gasteiger partial charge >= 0.3 is 0 Å². The molecule has 0 saturated carbocycles. The molecule has 1 aliphatic rings. The van der Waals surface area contributed by atoms with Gasteiger partial charge in [-0.15, -0.1) is 11.3 Å². The highest BCUT2D eigenvalue weighted by Gasteiger charge is 2.34. The summed E-state index contributed by atoms with van der Waals surface area (Å²) in [6, 6.07) is 3.69. The fourth-order valence-electron chi connectivity index (χ4n) is 2.75. The van der Waals surface area contributed by atoms with Crippen molar-refractivity contribution in [1.82, 2.24) is 19.9 Å². The number of rotatable bonds is 3. The van der Waals surface area contributed by atoms with Crippen molar-refractivity contribution in [1.29, 1.82) is 0 Å². The van der Waals surface area contributed by atoms with Gasteiger partial charge in [0.2, 0.25) is 11.8 Å². The lowest BCUT2D eigenvalue weighted by atomic mass is 10.1. The van der Waals surface area contributed by atoms with Gasteiger partial charge in [-0.05, 0) is 33.0 Å². The standard InChI is InChI=1S/C15H19ClN4O2S/c1-9(12-4-5-13(16)23-12)15(21)20-7-6-19(3)11(8-20)14-17-10(2)18-22-14/h4-5,9,11H,6-8H2,1-3H3. The fraction of sp³-hybridized carbons (Fsp3) is 0.533. The quantitative estimate of drug-likeness (QED) is 0.848. The van der Waals surface area contributed by atoms with Gasteiger partial charge in [0.25, 0.3) is 0 Å². The maximum absolute atomic E-state index is 12.8.